The average Bonchev–Trinajstić information content (AvgIpc) is 3.41. The molecule has 0 unspecified atom stereocenters. The minimum atomic E-state index is 0.677. The van der Waals surface area contributed by atoms with E-state index in [1.807, 2.05) is 30.5 Å². The summed E-state index contributed by atoms with van der Waals surface area (Å²) in [5, 5.41) is 9.24. The molecule has 4 nitrogen and oxygen atoms in total. The van der Waals surface area contributed by atoms with Gasteiger partial charge in [0.1, 0.15) is 6.29 Å². The van der Waals surface area contributed by atoms with E-state index in [0.29, 0.717) is 5.56 Å². The number of aromatic nitrogens is 1. The Kier molecular flexibility index (Phi) is 4.36. The van der Waals surface area contributed by atoms with Crippen molar-refractivity contribution < 1.29 is 4.79 Å². The molecule has 1 aliphatic rings. The number of aldehydes is 1. The molecule has 0 saturated carbocycles. The Labute approximate surface area is 186 Å². The molecule has 0 bridgehead atoms. The molecule has 4 heteroatoms. The molecule has 0 aliphatic carbocycles. The van der Waals surface area contributed by atoms with Crippen molar-refractivity contribution in [3.63, 3.8) is 0 Å². The molecule has 32 heavy (non-hydrogen) atoms. The fourth-order valence-corrected chi connectivity index (χ4v) is 4.63. The van der Waals surface area contributed by atoms with Gasteiger partial charge in [-0.1, -0.05) is 42.5 Å². The highest BCUT2D eigenvalue weighted by molar-refractivity contribution is 6.10. The zero-order chi connectivity index (χ0) is 21.5. The number of hydrazone groups is 1. The maximum Gasteiger partial charge on any atom is 0.150 e. The summed E-state index contributed by atoms with van der Waals surface area (Å²) in [7, 11) is 0. The molecule has 0 atom stereocenters. The van der Waals surface area contributed by atoms with Gasteiger partial charge in [0.05, 0.1) is 22.9 Å². The quantitative estimate of drug-likeness (QED) is 0.267. The van der Waals surface area contributed by atoms with Gasteiger partial charge in [-0.25, -0.2) is 0 Å². The van der Waals surface area contributed by atoms with E-state index in [-0.39, 0.29) is 0 Å². The third-order valence-electron chi connectivity index (χ3n) is 6.19. The average molecular weight is 415 g/mol. The SMILES string of the molecule is O=Cc1ccc(-n2c3ccccc3c3cc(/C=N/N4CCc5ccccc54)ccc32)cc1. The summed E-state index contributed by atoms with van der Waals surface area (Å²) in [5.41, 5.74) is 7.61. The third-order valence-corrected chi connectivity index (χ3v) is 6.19. The normalized spacial score (nSPS) is 13.3. The molecule has 6 rings (SSSR count). The molecule has 0 saturated heterocycles. The highest BCUT2D eigenvalue weighted by atomic mass is 16.1. The summed E-state index contributed by atoms with van der Waals surface area (Å²) >= 11 is 0. The molecule has 154 valence electrons. The van der Waals surface area contributed by atoms with Crippen molar-refractivity contribution in [1.29, 1.82) is 0 Å². The molecule has 5 aromatic rings. The van der Waals surface area contributed by atoms with Crippen molar-refractivity contribution in [2.24, 2.45) is 5.10 Å². The van der Waals surface area contributed by atoms with E-state index in [1.165, 1.54) is 22.0 Å². The van der Waals surface area contributed by atoms with Crippen LogP contribution in [0.15, 0.2) is 96.1 Å². The lowest BCUT2D eigenvalue weighted by Gasteiger charge is -2.12. The minimum absolute atomic E-state index is 0.677. The molecule has 0 fully saturated rings. The third kappa shape index (κ3) is 3.00. The monoisotopic (exact) mass is 415 g/mol. The van der Waals surface area contributed by atoms with Crippen LogP contribution in [0.25, 0.3) is 27.5 Å². The summed E-state index contributed by atoms with van der Waals surface area (Å²) in [6.07, 6.45) is 3.86. The van der Waals surface area contributed by atoms with Crippen LogP contribution < -0.4 is 5.01 Å². The van der Waals surface area contributed by atoms with Crippen LogP contribution in [-0.2, 0) is 6.42 Å². The fourth-order valence-electron chi connectivity index (χ4n) is 4.63. The Morgan fingerprint density at radius 2 is 1.50 bits per heavy atom. The summed E-state index contributed by atoms with van der Waals surface area (Å²) in [6.45, 7) is 0.911. The molecule has 1 aliphatic heterocycles. The van der Waals surface area contributed by atoms with Crippen LogP contribution in [0.3, 0.4) is 0 Å². The van der Waals surface area contributed by atoms with E-state index in [9.17, 15) is 4.79 Å². The molecular formula is C28H21N3O. The van der Waals surface area contributed by atoms with E-state index in [1.54, 1.807) is 0 Å². The second-order valence-corrected chi connectivity index (χ2v) is 8.08. The van der Waals surface area contributed by atoms with Crippen molar-refractivity contribution >= 4 is 40.0 Å². The summed E-state index contributed by atoms with van der Waals surface area (Å²) in [4.78, 5) is 11.1. The van der Waals surface area contributed by atoms with Crippen LogP contribution >= 0.6 is 0 Å². The maximum absolute atomic E-state index is 11.1. The first-order chi connectivity index (χ1) is 15.8. The van der Waals surface area contributed by atoms with Crippen molar-refractivity contribution in [3.05, 3.63) is 108 Å². The van der Waals surface area contributed by atoms with Gasteiger partial charge in [0.25, 0.3) is 0 Å². The minimum Gasteiger partial charge on any atom is -0.309 e. The number of hydrogen-bond donors (Lipinski definition) is 0. The number of fused-ring (bicyclic) bond motifs is 4. The summed E-state index contributed by atoms with van der Waals surface area (Å²) in [6, 6.07) is 31.1. The van der Waals surface area contributed by atoms with Gasteiger partial charge in [0, 0.05) is 28.6 Å². The number of rotatable bonds is 4. The Morgan fingerprint density at radius 3 is 2.38 bits per heavy atom. The van der Waals surface area contributed by atoms with Gasteiger partial charge < -0.3 is 4.57 Å². The maximum atomic E-state index is 11.1. The van der Waals surface area contributed by atoms with Gasteiger partial charge >= 0.3 is 0 Å². The zero-order valence-electron chi connectivity index (χ0n) is 17.5. The summed E-state index contributed by atoms with van der Waals surface area (Å²) in [5.74, 6) is 0. The Balaban J connectivity index is 1.44. The van der Waals surface area contributed by atoms with Gasteiger partial charge in [-0.15, -0.1) is 0 Å². The van der Waals surface area contributed by atoms with E-state index in [4.69, 9.17) is 5.10 Å². The lowest BCUT2D eigenvalue weighted by molar-refractivity contribution is 0.112. The number of nitrogens with zero attached hydrogens (tertiary/aromatic N) is 3. The topological polar surface area (TPSA) is 37.6 Å². The number of carbonyl (C=O) groups is 1. The second-order valence-electron chi connectivity index (χ2n) is 8.08. The van der Waals surface area contributed by atoms with Gasteiger partial charge in [-0.05, 0) is 66.1 Å². The molecule has 0 spiro atoms. The van der Waals surface area contributed by atoms with Gasteiger partial charge in [-0.3, -0.25) is 9.80 Å². The van der Waals surface area contributed by atoms with Gasteiger partial charge in [0.2, 0.25) is 0 Å². The van der Waals surface area contributed by atoms with Crippen molar-refractivity contribution in [2.45, 2.75) is 6.42 Å². The zero-order valence-corrected chi connectivity index (χ0v) is 17.5. The number of benzene rings is 4. The van der Waals surface area contributed by atoms with Crippen LogP contribution in [0, 0.1) is 0 Å². The summed E-state index contributed by atoms with van der Waals surface area (Å²) < 4.78 is 2.25. The Morgan fingerprint density at radius 1 is 0.750 bits per heavy atom. The predicted octanol–water partition coefficient (Wildman–Crippen LogP) is 5.99. The fraction of sp³-hybridized carbons (Fsp3) is 0.0714. The first kappa shape index (κ1) is 18.6. The molecule has 0 amide bonds. The van der Waals surface area contributed by atoms with E-state index >= 15 is 0 Å². The Hall–Kier alpha value is -4.18. The van der Waals surface area contributed by atoms with Gasteiger partial charge in [-0.2, -0.15) is 5.10 Å². The van der Waals surface area contributed by atoms with Crippen LogP contribution in [0.4, 0.5) is 5.69 Å². The number of anilines is 1. The van der Waals surface area contributed by atoms with Crippen LogP contribution in [-0.4, -0.2) is 23.6 Å². The number of carbonyl (C=O) groups excluding carboxylic acids is 1. The number of hydrogen-bond acceptors (Lipinski definition) is 3. The highest BCUT2D eigenvalue weighted by Gasteiger charge is 2.17. The highest BCUT2D eigenvalue weighted by Crippen LogP contribution is 2.33. The molecule has 1 aromatic heterocycles. The molecular weight excluding hydrogens is 394 g/mol. The van der Waals surface area contributed by atoms with E-state index < -0.39 is 0 Å². The van der Waals surface area contributed by atoms with Crippen LogP contribution in [0.1, 0.15) is 21.5 Å². The lowest BCUT2D eigenvalue weighted by Crippen LogP contribution is -2.12. The first-order valence-electron chi connectivity index (χ1n) is 10.8. The van der Waals surface area contributed by atoms with Crippen LogP contribution in [0.2, 0.25) is 0 Å². The van der Waals surface area contributed by atoms with E-state index in [2.05, 4.69) is 76.3 Å². The van der Waals surface area contributed by atoms with Crippen molar-refractivity contribution in [1.82, 2.24) is 4.57 Å². The molecule has 4 aromatic carbocycles. The number of para-hydroxylation sites is 2. The molecule has 2 heterocycles. The van der Waals surface area contributed by atoms with E-state index in [0.717, 1.165) is 41.5 Å². The molecule has 0 radical (unpaired) electrons. The first-order valence-corrected chi connectivity index (χ1v) is 10.8. The smallest absolute Gasteiger partial charge is 0.150 e. The van der Waals surface area contributed by atoms with Crippen molar-refractivity contribution in [2.75, 3.05) is 11.6 Å². The standard InChI is InChI=1S/C28H21N3O/c32-19-20-9-12-23(13-10-20)31-27-8-4-2-6-24(27)25-17-21(11-14-28(25)31)18-29-30-16-15-22-5-1-3-7-26(22)30/h1-14,17-19H,15-16H2/b29-18+. The van der Waals surface area contributed by atoms with Crippen LogP contribution in [0.5, 0.6) is 0 Å². The van der Waals surface area contributed by atoms with Gasteiger partial charge in [0.15, 0.2) is 0 Å². The second kappa shape index (κ2) is 7.50. The molecule has 0 N–H and O–H groups in total. The lowest BCUT2D eigenvalue weighted by atomic mass is 10.1. The predicted molar refractivity (Wildman–Crippen MR) is 131 cm³/mol. The van der Waals surface area contributed by atoms with Crippen molar-refractivity contribution in [3.8, 4) is 5.69 Å². The Bertz CT molecular complexity index is 1500. The largest absolute Gasteiger partial charge is 0.309 e.